The van der Waals surface area contributed by atoms with Gasteiger partial charge in [0.05, 0.1) is 12.3 Å². The molecule has 0 spiro atoms. The van der Waals surface area contributed by atoms with Gasteiger partial charge in [0.1, 0.15) is 11.6 Å². The zero-order valence-electron chi connectivity index (χ0n) is 20.5. The zero-order chi connectivity index (χ0) is 25.6. The lowest BCUT2D eigenvalue weighted by atomic mass is 10.1. The first-order valence-electron chi connectivity index (χ1n) is 12.5. The van der Waals surface area contributed by atoms with Crippen molar-refractivity contribution in [3.8, 4) is 0 Å². The van der Waals surface area contributed by atoms with Crippen LogP contribution in [0, 0.1) is 5.82 Å². The Morgan fingerprint density at radius 3 is 2.46 bits per heavy atom. The lowest BCUT2D eigenvalue weighted by molar-refractivity contribution is -0.139. The zero-order valence-corrected chi connectivity index (χ0v) is 20.5. The van der Waals surface area contributed by atoms with Crippen molar-refractivity contribution in [2.24, 2.45) is 0 Å². The van der Waals surface area contributed by atoms with Crippen LogP contribution in [0.3, 0.4) is 0 Å². The summed E-state index contributed by atoms with van der Waals surface area (Å²) in [4.78, 5) is 32.6. The standard InChI is InChI=1S/C28H30FN5O3/c29-21-7-9-22(10-8-21)33-13-15-34(16-14-33)25(26-6-3-17-37-26)19-32-28(36)27(35)30-12-11-20-18-31-24-5-2-1-4-23(20)24/h1-10,17-18,25,31H,11-16,19H2,(H,30,35)(H,32,36)/t25-/m0/s1. The normalized spacial score (nSPS) is 15.0. The fraction of sp³-hybridized carbons (Fsp3) is 0.286. The number of carbonyl (C=O) groups excluding carboxylic acids is 2. The summed E-state index contributed by atoms with van der Waals surface area (Å²) in [5.41, 5.74) is 3.12. The molecule has 2 amide bonds. The van der Waals surface area contributed by atoms with Gasteiger partial charge in [-0.05, 0) is 54.4 Å². The van der Waals surface area contributed by atoms with E-state index in [9.17, 15) is 14.0 Å². The number of nitrogens with zero attached hydrogens (tertiary/aromatic N) is 2. The highest BCUT2D eigenvalue weighted by atomic mass is 19.1. The van der Waals surface area contributed by atoms with Crippen molar-refractivity contribution >= 4 is 28.4 Å². The number of rotatable bonds is 8. The van der Waals surface area contributed by atoms with Crippen LogP contribution < -0.4 is 15.5 Å². The van der Waals surface area contributed by atoms with Gasteiger partial charge in [-0.3, -0.25) is 14.5 Å². The highest BCUT2D eigenvalue weighted by molar-refractivity contribution is 6.35. The maximum atomic E-state index is 13.3. The Balaban J connectivity index is 1.12. The number of hydrogen-bond donors (Lipinski definition) is 3. The largest absolute Gasteiger partial charge is 0.468 e. The fourth-order valence-corrected chi connectivity index (χ4v) is 4.83. The monoisotopic (exact) mass is 503 g/mol. The summed E-state index contributed by atoms with van der Waals surface area (Å²) in [5, 5.41) is 6.61. The number of amides is 2. The maximum Gasteiger partial charge on any atom is 0.309 e. The number of nitrogens with one attached hydrogen (secondary N) is 3. The van der Waals surface area contributed by atoms with E-state index in [0.29, 0.717) is 13.0 Å². The molecule has 5 rings (SSSR count). The first-order chi connectivity index (χ1) is 18.1. The van der Waals surface area contributed by atoms with Crippen molar-refractivity contribution in [3.63, 3.8) is 0 Å². The molecule has 0 bridgehead atoms. The Bertz CT molecular complexity index is 1330. The van der Waals surface area contributed by atoms with E-state index in [1.807, 2.05) is 42.6 Å². The van der Waals surface area contributed by atoms with Crippen LogP contribution in [0.5, 0.6) is 0 Å². The molecule has 2 aromatic carbocycles. The van der Waals surface area contributed by atoms with E-state index in [0.717, 1.165) is 54.1 Å². The lowest BCUT2D eigenvalue weighted by Crippen LogP contribution is -2.50. The molecule has 4 aromatic rings. The second-order valence-corrected chi connectivity index (χ2v) is 9.11. The highest BCUT2D eigenvalue weighted by Crippen LogP contribution is 2.24. The van der Waals surface area contributed by atoms with Crippen LogP contribution in [0.25, 0.3) is 10.9 Å². The van der Waals surface area contributed by atoms with E-state index in [1.54, 1.807) is 18.4 Å². The van der Waals surface area contributed by atoms with Gasteiger partial charge in [0, 0.05) is 62.1 Å². The van der Waals surface area contributed by atoms with E-state index in [4.69, 9.17) is 4.42 Å². The fourth-order valence-electron chi connectivity index (χ4n) is 4.83. The van der Waals surface area contributed by atoms with Gasteiger partial charge in [0.25, 0.3) is 0 Å². The minimum absolute atomic E-state index is 0.201. The van der Waals surface area contributed by atoms with E-state index < -0.39 is 11.8 Å². The SMILES string of the molecule is O=C(NCCc1c[nH]c2ccccc12)C(=O)NC[C@@H](c1ccco1)N1CCN(c2ccc(F)cc2)CC1. The van der Waals surface area contributed by atoms with E-state index in [1.165, 1.54) is 12.1 Å². The highest BCUT2D eigenvalue weighted by Gasteiger charge is 2.28. The minimum Gasteiger partial charge on any atom is -0.468 e. The second kappa shape index (κ2) is 11.3. The molecule has 0 radical (unpaired) electrons. The van der Waals surface area contributed by atoms with Crippen LogP contribution in [-0.4, -0.2) is 61.0 Å². The Labute approximate surface area is 214 Å². The third-order valence-electron chi connectivity index (χ3n) is 6.84. The van der Waals surface area contributed by atoms with Crippen LogP contribution in [0.1, 0.15) is 17.4 Å². The number of carbonyl (C=O) groups is 2. The Morgan fingerprint density at radius 1 is 0.946 bits per heavy atom. The van der Waals surface area contributed by atoms with Crippen molar-refractivity contribution in [1.29, 1.82) is 0 Å². The van der Waals surface area contributed by atoms with Crippen molar-refractivity contribution in [2.75, 3.05) is 44.2 Å². The topological polar surface area (TPSA) is 93.6 Å². The van der Waals surface area contributed by atoms with Crippen molar-refractivity contribution in [2.45, 2.75) is 12.5 Å². The molecular formula is C28H30FN5O3. The van der Waals surface area contributed by atoms with Crippen molar-refractivity contribution in [1.82, 2.24) is 20.5 Å². The smallest absolute Gasteiger partial charge is 0.309 e. The van der Waals surface area contributed by atoms with Gasteiger partial charge in [0.15, 0.2) is 0 Å². The molecule has 192 valence electrons. The molecule has 1 atom stereocenters. The number of anilines is 1. The van der Waals surface area contributed by atoms with Crippen molar-refractivity contribution < 1.29 is 18.4 Å². The molecule has 0 unspecified atom stereocenters. The number of piperazine rings is 1. The number of halogens is 1. The molecule has 0 saturated carbocycles. The van der Waals surface area contributed by atoms with Gasteiger partial charge in [-0.1, -0.05) is 18.2 Å². The number of para-hydroxylation sites is 1. The average molecular weight is 504 g/mol. The predicted molar refractivity (Wildman–Crippen MR) is 140 cm³/mol. The van der Waals surface area contributed by atoms with Crippen LogP contribution in [0.15, 0.2) is 77.5 Å². The summed E-state index contributed by atoms with van der Waals surface area (Å²) in [6, 6.07) is 18.0. The van der Waals surface area contributed by atoms with Gasteiger partial charge >= 0.3 is 11.8 Å². The quantitative estimate of drug-likeness (QED) is 0.321. The Morgan fingerprint density at radius 2 is 1.70 bits per heavy atom. The molecule has 1 aliphatic heterocycles. The average Bonchev–Trinajstić information content (AvgIpc) is 3.60. The molecule has 2 aromatic heterocycles. The number of H-pyrrole nitrogens is 1. The first kappa shape index (κ1) is 24.6. The summed E-state index contributed by atoms with van der Waals surface area (Å²) < 4.78 is 18.9. The summed E-state index contributed by atoms with van der Waals surface area (Å²) >= 11 is 0. The second-order valence-electron chi connectivity index (χ2n) is 9.11. The summed E-state index contributed by atoms with van der Waals surface area (Å²) in [6.07, 6.45) is 4.16. The number of aromatic amines is 1. The van der Waals surface area contributed by atoms with Gasteiger partial charge in [-0.15, -0.1) is 0 Å². The number of benzene rings is 2. The van der Waals surface area contributed by atoms with Gasteiger partial charge in [0.2, 0.25) is 0 Å². The summed E-state index contributed by atoms with van der Waals surface area (Å²) in [7, 11) is 0. The number of fused-ring (bicyclic) bond motifs is 1. The van der Waals surface area contributed by atoms with Gasteiger partial charge < -0.3 is 24.9 Å². The first-order valence-corrected chi connectivity index (χ1v) is 12.5. The maximum absolute atomic E-state index is 13.3. The third-order valence-corrected chi connectivity index (χ3v) is 6.84. The molecule has 0 aliphatic carbocycles. The minimum atomic E-state index is -0.666. The predicted octanol–water partition coefficient (Wildman–Crippen LogP) is 3.24. The van der Waals surface area contributed by atoms with E-state index in [-0.39, 0.29) is 18.4 Å². The molecule has 8 nitrogen and oxygen atoms in total. The van der Waals surface area contributed by atoms with Crippen LogP contribution in [0.4, 0.5) is 10.1 Å². The Kier molecular flexibility index (Phi) is 7.51. The molecule has 1 saturated heterocycles. The molecule has 3 heterocycles. The van der Waals surface area contributed by atoms with E-state index >= 15 is 0 Å². The van der Waals surface area contributed by atoms with Crippen molar-refractivity contribution in [3.05, 3.63) is 90.3 Å². The molecule has 1 aliphatic rings. The molecule has 1 fully saturated rings. The summed E-state index contributed by atoms with van der Waals surface area (Å²) in [5.74, 6) is -0.840. The molecule has 37 heavy (non-hydrogen) atoms. The molecule has 9 heteroatoms. The number of hydrogen-bond acceptors (Lipinski definition) is 5. The van der Waals surface area contributed by atoms with Gasteiger partial charge in [-0.2, -0.15) is 0 Å². The van der Waals surface area contributed by atoms with Crippen LogP contribution >= 0.6 is 0 Å². The van der Waals surface area contributed by atoms with Crippen LogP contribution in [-0.2, 0) is 16.0 Å². The Hall–Kier alpha value is -4.11. The number of furan rings is 1. The number of aromatic nitrogens is 1. The summed E-state index contributed by atoms with van der Waals surface area (Å²) in [6.45, 7) is 3.58. The van der Waals surface area contributed by atoms with Crippen LogP contribution in [0.2, 0.25) is 0 Å². The van der Waals surface area contributed by atoms with E-state index in [2.05, 4.69) is 25.4 Å². The molecular weight excluding hydrogens is 473 g/mol. The van der Waals surface area contributed by atoms with Gasteiger partial charge in [-0.25, -0.2) is 4.39 Å². The third kappa shape index (κ3) is 5.83. The molecule has 3 N–H and O–H groups in total. The lowest BCUT2D eigenvalue weighted by Gasteiger charge is -2.39.